The smallest absolute Gasteiger partial charge is 0.472 e. The summed E-state index contributed by atoms with van der Waals surface area (Å²) in [5.41, 5.74) is 5.31. The molecule has 0 bridgehead atoms. The number of carbonyl (C=O) groups is 3. The fourth-order valence-electron chi connectivity index (χ4n) is 4.88. The van der Waals surface area contributed by atoms with Gasteiger partial charge in [0.05, 0.1) is 13.2 Å². The molecular weight excluding hydrogens is 649 g/mol. The summed E-state index contributed by atoms with van der Waals surface area (Å²) in [6.45, 7) is 2.72. The molecule has 286 valence electrons. The van der Waals surface area contributed by atoms with Crippen molar-refractivity contribution in [1.82, 2.24) is 0 Å². The van der Waals surface area contributed by atoms with Gasteiger partial charge >= 0.3 is 25.7 Å². The van der Waals surface area contributed by atoms with Crippen LogP contribution in [-0.2, 0) is 37.5 Å². The second-order valence-corrected chi connectivity index (χ2v) is 14.2. The minimum atomic E-state index is -4.71. The molecule has 0 saturated heterocycles. The Morgan fingerprint density at radius 1 is 0.612 bits per heavy atom. The highest BCUT2D eigenvalue weighted by atomic mass is 31.2. The fraction of sp³-hybridized carbons (Fsp3) is 0.811. The number of phosphoric acid groups is 1. The Morgan fingerprint density at radius 2 is 1.02 bits per heavy atom. The third kappa shape index (κ3) is 32.9. The van der Waals surface area contributed by atoms with E-state index in [0.29, 0.717) is 12.8 Å². The number of esters is 2. The van der Waals surface area contributed by atoms with Crippen molar-refractivity contribution < 1.29 is 47.5 Å². The number of carboxylic acids is 1. The molecular formula is C37H68NO10P. The SMILES string of the molecule is CCCCC/C=C/CCCCCCCC(=O)O[C@H](COC(=O)CCCCC/C=C/CCCCCCCC)COP(=O)(O)OC[C@H](N)C(=O)O. The highest BCUT2D eigenvalue weighted by Gasteiger charge is 2.28. The number of hydrogen-bond acceptors (Lipinski definition) is 9. The number of rotatable bonds is 35. The molecule has 0 saturated carbocycles. The second-order valence-electron chi connectivity index (χ2n) is 12.7. The van der Waals surface area contributed by atoms with Crippen LogP contribution in [0.1, 0.15) is 162 Å². The Balaban J connectivity index is 4.49. The Bertz CT molecular complexity index is 942. The molecule has 0 aliphatic heterocycles. The Labute approximate surface area is 296 Å². The topological polar surface area (TPSA) is 172 Å². The molecule has 0 rings (SSSR count). The van der Waals surface area contributed by atoms with Gasteiger partial charge in [-0.05, 0) is 64.2 Å². The number of aliphatic carboxylic acids is 1. The number of nitrogens with two attached hydrogens (primary N) is 1. The molecule has 0 radical (unpaired) electrons. The van der Waals surface area contributed by atoms with E-state index in [1.807, 2.05) is 0 Å². The molecule has 11 nitrogen and oxygen atoms in total. The first-order valence-electron chi connectivity index (χ1n) is 18.9. The van der Waals surface area contributed by atoms with Crippen LogP contribution in [0.5, 0.6) is 0 Å². The molecule has 49 heavy (non-hydrogen) atoms. The molecule has 0 fully saturated rings. The average molecular weight is 718 g/mol. The van der Waals surface area contributed by atoms with Crippen molar-refractivity contribution in [2.45, 2.75) is 174 Å². The van der Waals surface area contributed by atoms with Gasteiger partial charge in [-0.25, -0.2) is 4.57 Å². The predicted octanol–water partition coefficient (Wildman–Crippen LogP) is 9.11. The Hall–Kier alpha value is -2.04. The molecule has 12 heteroatoms. The number of carboxylic acid groups (broad SMARTS) is 1. The lowest BCUT2D eigenvalue weighted by Gasteiger charge is -2.20. The number of carbonyl (C=O) groups excluding carboxylic acids is 2. The molecule has 4 N–H and O–H groups in total. The molecule has 0 aromatic heterocycles. The summed E-state index contributed by atoms with van der Waals surface area (Å²) in [4.78, 5) is 45.7. The van der Waals surface area contributed by atoms with E-state index in [1.165, 1.54) is 57.8 Å². The summed E-state index contributed by atoms with van der Waals surface area (Å²) in [5, 5.41) is 8.85. The molecule has 0 spiro atoms. The van der Waals surface area contributed by atoms with E-state index in [2.05, 4.69) is 42.7 Å². The monoisotopic (exact) mass is 717 g/mol. The van der Waals surface area contributed by atoms with Gasteiger partial charge in [-0.3, -0.25) is 23.4 Å². The lowest BCUT2D eigenvalue weighted by molar-refractivity contribution is -0.161. The summed E-state index contributed by atoms with van der Waals surface area (Å²) < 4.78 is 32.5. The van der Waals surface area contributed by atoms with Crippen LogP contribution >= 0.6 is 7.82 Å². The van der Waals surface area contributed by atoms with Crippen molar-refractivity contribution in [2.24, 2.45) is 5.73 Å². The fourth-order valence-corrected chi connectivity index (χ4v) is 5.65. The van der Waals surface area contributed by atoms with E-state index in [-0.39, 0.29) is 19.4 Å². The van der Waals surface area contributed by atoms with Crippen LogP contribution in [-0.4, -0.2) is 59.9 Å². The van der Waals surface area contributed by atoms with Crippen molar-refractivity contribution in [3.05, 3.63) is 24.3 Å². The summed E-state index contributed by atoms with van der Waals surface area (Å²) in [7, 11) is -4.71. The summed E-state index contributed by atoms with van der Waals surface area (Å²) in [6.07, 6.45) is 31.1. The minimum Gasteiger partial charge on any atom is -0.480 e. The van der Waals surface area contributed by atoms with E-state index in [0.717, 1.165) is 64.2 Å². The van der Waals surface area contributed by atoms with Crippen LogP contribution in [0.2, 0.25) is 0 Å². The van der Waals surface area contributed by atoms with Gasteiger partial charge in [0.15, 0.2) is 6.10 Å². The van der Waals surface area contributed by atoms with Gasteiger partial charge in [-0.2, -0.15) is 0 Å². The van der Waals surface area contributed by atoms with Crippen LogP contribution in [0.4, 0.5) is 0 Å². The number of allylic oxidation sites excluding steroid dienone is 4. The van der Waals surface area contributed by atoms with Gasteiger partial charge in [0, 0.05) is 12.8 Å². The largest absolute Gasteiger partial charge is 0.480 e. The lowest BCUT2D eigenvalue weighted by Crippen LogP contribution is -2.34. The zero-order valence-electron chi connectivity index (χ0n) is 30.5. The molecule has 0 amide bonds. The molecule has 0 aliphatic carbocycles. The third-order valence-electron chi connectivity index (χ3n) is 7.92. The number of unbranched alkanes of at least 4 members (excludes halogenated alkanes) is 17. The normalized spacial score (nSPS) is 14.2. The first-order chi connectivity index (χ1) is 23.6. The molecule has 0 aliphatic rings. The number of phosphoric ester groups is 1. The van der Waals surface area contributed by atoms with Crippen LogP contribution in [0.15, 0.2) is 24.3 Å². The Morgan fingerprint density at radius 3 is 1.55 bits per heavy atom. The summed E-state index contributed by atoms with van der Waals surface area (Å²) in [5.74, 6) is -2.41. The van der Waals surface area contributed by atoms with E-state index in [9.17, 15) is 23.8 Å². The highest BCUT2D eigenvalue weighted by molar-refractivity contribution is 7.47. The van der Waals surface area contributed by atoms with E-state index >= 15 is 0 Å². The maximum Gasteiger partial charge on any atom is 0.472 e. The summed E-state index contributed by atoms with van der Waals surface area (Å²) >= 11 is 0. The van der Waals surface area contributed by atoms with Gasteiger partial charge < -0.3 is 25.2 Å². The minimum absolute atomic E-state index is 0.149. The van der Waals surface area contributed by atoms with Crippen molar-refractivity contribution >= 4 is 25.7 Å². The van der Waals surface area contributed by atoms with E-state index < -0.39 is 51.1 Å². The van der Waals surface area contributed by atoms with Gasteiger partial charge in [-0.1, -0.05) is 109 Å². The Kier molecular flexibility index (Phi) is 31.7. The maximum atomic E-state index is 12.5. The zero-order valence-corrected chi connectivity index (χ0v) is 31.4. The van der Waals surface area contributed by atoms with Gasteiger partial charge in [0.25, 0.3) is 0 Å². The number of hydrogen-bond donors (Lipinski definition) is 3. The van der Waals surface area contributed by atoms with Crippen LogP contribution in [0, 0.1) is 0 Å². The molecule has 1 unspecified atom stereocenters. The predicted molar refractivity (Wildman–Crippen MR) is 194 cm³/mol. The molecule has 0 heterocycles. The number of ether oxygens (including phenoxy) is 2. The lowest BCUT2D eigenvalue weighted by atomic mass is 10.1. The molecule has 3 atom stereocenters. The zero-order chi connectivity index (χ0) is 36.4. The van der Waals surface area contributed by atoms with Crippen LogP contribution in [0.3, 0.4) is 0 Å². The second kappa shape index (κ2) is 33.1. The molecule has 0 aromatic carbocycles. The van der Waals surface area contributed by atoms with E-state index in [4.69, 9.17) is 24.8 Å². The van der Waals surface area contributed by atoms with E-state index in [1.54, 1.807) is 0 Å². The van der Waals surface area contributed by atoms with Crippen molar-refractivity contribution in [2.75, 3.05) is 19.8 Å². The van der Waals surface area contributed by atoms with Crippen LogP contribution < -0.4 is 5.73 Å². The standard InChI is InChI=1S/C37H68NO10P/c1-3-5-7-9-11-13-15-17-19-20-22-24-26-28-35(39)45-30-33(31-46-49(43,44)47-32-34(38)37(41)42)48-36(40)29-27-25-23-21-18-16-14-12-10-8-6-4-2/h12,14,17,19,33-34H,3-11,13,15-16,18,20-32,38H2,1-2H3,(H,41,42)(H,43,44)/b14-12+,19-17+/t33-,34+/m1/s1. The van der Waals surface area contributed by atoms with Gasteiger partial charge in [-0.15, -0.1) is 0 Å². The first-order valence-corrected chi connectivity index (χ1v) is 20.4. The average Bonchev–Trinajstić information content (AvgIpc) is 3.07. The van der Waals surface area contributed by atoms with Crippen molar-refractivity contribution in [3.63, 3.8) is 0 Å². The summed E-state index contributed by atoms with van der Waals surface area (Å²) in [6, 6.07) is -1.52. The van der Waals surface area contributed by atoms with Crippen molar-refractivity contribution in [1.29, 1.82) is 0 Å². The van der Waals surface area contributed by atoms with Gasteiger partial charge in [0.2, 0.25) is 0 Å². The molecule has 0 aromatic rings. The van der Waals surface area contributed by atoms with Crippen LogP contribution in [0.25, 0.3) is 0 Å². The van der Waals surface area contributed by atoms with Gasteiger partial charge in [0.1, 0.15) is 12.6 Å². The quantitative estimate of drug-likeness (QED) is 0.0247. The van der Waals surface area contributed by atoms with Crippen molar-refractivity contribution in [3.8, 4) is 0 Å². The third-order valence-corrected chi connectivity index (χ3v) is 8.87. The maximum absolute atomic E-state index is 12.5. The first kappa shape index (κ1) is 47.0. The highest BCUT2D eigenvalue weighted by Crippen LogP contribution is 2.43.